The fourth-order valence-electron chi connectivity index (χ4n) is 2.79. The number of aromatic hydroxyl groups is 1. The van der Waals surface area contributed by atoms with Gasteiger partial charge in [-0.25, -0.2) is 14.4 Å². The van der Waals surface area contributed by atoms with Crippen LogP contribution >= 0.6 is 0 Å². The highest BCUT2D eigenvalue weighted by molar-refractivity contribution is 5.74. The molecule has 0 bridgehead atoms. The second kappa shape index (κ2) is 5.77. The molecule has 2 heterocycles. The highest BCUT2D eigenvalue weighted by atomic mass is 19.1. The quantitative estimate of drug-likeness (QED) is 0.624. The van der Waals surface area contributed by atoms with Crippen molar-refractivity contribution in [3.05, 3.63) is 84.1 Å². The van der Waals surface area contributed by atoms with E-state index in [9.17, 15) is 9.50 Å². The molecule has 0 unspecified atom stereocenters. The molecular weight excluding hydrogens is 305 g/mol. The lowest BCUT2D eigenvalue weighted by Crippen LogP contribution is -2.03. The molecule has 0 atom stereocenters. The topological polar surface area (TPSA) is 50.9 Å². The van der Waals surface area contributed by atoms with E-state index in [2.05, 4.69) is 9.97 Å². The van der Waals surface area contributed by atoms with Gasteiger partial charge in [0, 0.05) is 18.3 Å². The lowest BCUT2D eigenvalue weighted by Gasteiger charge is -2.09. The number of pyridine rings is 1. The normalized spacial score (nSPS) is 11.0. The van der Waals surface area contributed by atoms with E-state index in [0.29, 0.717) is 6.42 Å². The molecule has 0 radical (unpaired) electrons. The van der Waals surface area contributed by atoms with Gasteiger partial charge >= 0.3 is 0 Å². The summed E-state index contributed by atoms with van der Waals surface area (Å²) < 4.78 is 15.2. The summed E-state index contributed by atoms with van der Waals surface area (Å²) in [6.07, 6.45) is 2.24. The smallest absolute Gasteiger partial charge is 0.164 e. The van der Waals surface area contributed by atoms with Crippen molar-refractivity contribution in [2.75, 3.05) is 0 Å². The number of fused-ring (bicyclic) bond motifs is 1. The fraction of sp³-hybridized carbons (Fsp3) is 0.0526. The van der Waals surface area contributed by atoms with Gasteiger partial charge in [0.1, 0.15) is 22.9 Å². The van der Waals surface area contributed by atoms with Crippen molar-refractivity contribution in [3.63, 3.8) is 0 Å². The van der Waals surface area contributed by atoms with Gasteiger partial charge in [-0.2, -0.15) is 0 Å². The molecule has 1 N–H and O–H groups in total. The maximum Gasteiger partial charge on any atom is 0.164 e. The lowest BCUT2D eigenvalue weighted by atomic mass is 10.1. The molecule has 4 nitrogen and oxygen atoms in total. The number of aromatic nitrogens is 3. The van der Waals surface area contributed by atoms with Crippen molar-refractivity contribution in [2.24, 2.45) is 0 Å². The maximum atomic E-state index is 13.3. The highest BCUT2D eigenvalue weighted by Gasteiger charge is 2.14. The number of nitrogens with zero attached hydrogens (tertiary/aromatic N) is 3. The van der Waals surface area contributed by atoms with Gasteiger partial charge in [0.2, 0.25) is 0 Å². The first-order valence-corrected chi connectivity index (χ1v) is 7.57. The Bertz CT molecular complexity index is 1010. The molecular formula is C19H14FN3O. The molecule has 0 fully saturated rings. The largest absolute Gasteiger partial charge is 0.508 e. The third-order valence-electron chi connectivity index (χ3n) is 3.84. The van der Waals surface area contributed by atoms with E-state index in [-0.39, 0.29) is 11.6 Å². The average molecular weight is 319 g/mol. The molecule has 2 aromatic heterocycles. The Kier molecular flexibility index (Phi) is 3.46. The van der Waals surface area contributed by atoms with Crippen molar-refractivity contribution >= 4 is 11.2 Å². The molecule has 0 aliphatic carbocycles. The van der Waals surface area contributed by atoms with E-state index in [1.807, 2.05) is 22.8 Å². The van der Waals surface area contributed by atoms with Crippen LogP contribution in [0.25, 0.3) is 16.9 Å². The second-order valence-electron chi connectivity index (χ2n) is 5.53. The number of hydrogen-bond acceptors (Lipinski definition) is 3. The van der Waals surface area contributed by atoms with Crippen molar-refractivity contribution in [2.45, 2.75) is 6.42 Å². The molecule has 0 aliphatic heterocycles. The molecule has 118 valence electrons. The van der Waals surface area contributed by atoms with Gasteiger partial charge < -0.3 is 5.11 Å². The number of phenols is 1. The molecule has 0 spiro atoms. The standard InChI is InChI=1S/C19H14FN3O/c20-14-6-8-15(9-7-14)23-18(12-13-3-1-4-16(24)11-13)22-17-5-2-10-21-19(17)23/h1-11,24H,12H2. The van der Waals surface area contributed by atoms with Gasteiger partial charge in [-0.3, -0.25) is 4.57 Å². The van der Waals surface area contributed by atoms with E-state index >= 15 is 0 Å². The Labute approximate surface area is 137 Å². The summed E-state index contributed by atoms with van der Waals surface area (Å²) in [5, 5.41) is 9.67. The maximum absolute atomic E-state index is 13.3. The van der Waals surface area contributed by atoms with E-state index in [4.69, 9.17) is 0 Å². The molecule has 5 heteroatoms. The monoisotopic (exact) mass is 319 g/mol. The van der Waals surface area contributed by atoms with Crippen LogP contribution in [-0.2, 0) is 6.42 Å². The minimum atomic E-state index is -0.286. The van der Waals surface area contributed by atoms with Crippen LogP contribution in [0.3, 0.4) is 0 Å². The zero-order valence-corrected chi connectivity index (χ0v) is 12.7. The number of rotatable bonds is 3. The molecule has 4 aromatic rings. The van der Waals surface area contributed by atoms with Crippen molar-refractivity contribution in [3.8, 4) is 11.4 Å². The molecule has 2 aromatic carbocycles. The molecule has 24 heavy (non-hydrogen) atoms. The summed E-state index contributed by atoms with van der Waals surface area (Å²) in [6, 6.07) is 17.1. The summed E-state index contributed by atoms with van der Waals surface area (Å²) >= 11 is 0. The van der Waals surface area contributed by atoms with Crippen molar-refractivity contribution in [1.29, 1.82) is 0 Å². The van der Waals surface area contributed by atoms with Gasteiger partial charge in [-0.1, -0.05) is 12.1 Å². The first kappa shape index (κ1) is 14.4. The number of phenolic OH excluding ortho intramolecular Hbond substituents is 1. The Morgan fingerprint density at radius 3 is 2.62 bits per heavy atom. The Balaban J connectivity index is 1.88. The fourth-order valence-corrected chi connectivity index (χ4v) is 2.79. The minimum absolute atomic E-state index is 0.218. The van der Waals surface area contributed by atoms with Crippen LogP contribution in [0.15, 0.2) is 66.9 Å². The van der Waals surface area contributed by atoms with E-state index in [1.165, 1.54) is 12.1 Å². The first-order valence-electron chi connectivity index (χ1n) is 7.57. The zero-order valence-electron chi connectivity index (χ0n) is 12.7. The van der Waals surface area contributed by atoms with E-state index in [0.717, 1.165) is 28.2 Å². The zero-order chi connectivity index (χ0) is 16.5. The second-order valence-corrected chi connectivity index (χ2v) is 5.53. The summed E-state index contributed by atoms with van der Waals surface area (Å²) in [6.45, 7) is 0. The molecule has 0 amide bonds. The van der Waals surface area contributed by atoms with Crippen molar-refractivity contribution in [1.82, 2.24) is 14.5 Å². The Morgan fingerprint density at radius 1 is 1.00 bits per heavy atom. The number of halogens is 1. The van der Waals surface area contributed by atoms with Gasteiger partial charge in [0.25, 0.3) is 0 Å². The predicted molar refractivity (Wildman–Crippen MR) is 89.7 cm³/mol. The van der Waals surface area contributed by atoms with Gasteiger partial charge in [-0.05, 0) is 54.1 Å². The predicted octanol–water partition coefficient (Wildman–Crippen LogP) is 3.86. The third-order valence-corrected chi connectivity index (χ3v) is 3.84. The van der Waals surface area contributed by atoms with Gasteiger partial charge in [-0.15, -0.1) is 0 Å². The third kappa shape index (κ3) is 2.60. The molecule has 4 rings (SSSR count). The van der Waals surface area contributed by atoms with Gasteiger partial charge in [0.15, 0.2) is 5.65 Å². The lowest BCUT2D eigenvalue weighted by molar-refractivity contribution is 0.474. The summed E-state index contributed by atoms with van der Waals surface area (Å²) in [7, 11) is 0. The number of imidazole rings is 1. The van der Waals surface area contributed by atoms with Crippen LogP contribution in [0, 0.1) is 5.82 Å². The summed E-state index contributed by atoms with van der Waals surface area (Å²) in [5.41, 5.74) is 3.23. The first-order chi connectivity index (χ1) is 11.7. The van der Waals surface area contributed by atoms with Crippen LogP contribution in [0.1, 0.15) is 11.4 Å². The van der Waals surface area contributed by atoms with E-state index in [1.54, 1.807) is 36.5 Å². The SMILES string of the molecule is Oc1cccc(Cc2nc3cccnc3n2-c2ccc(F)cc2)c1. The molecule has 0 saturated heterocycles. The van der Waals surface area contributed by atoms with Crippen LogP contribution in [0.2, 0.25) is 0 Å². The van der Waals surface area contributed by atoms with Crippen LogP contribution in [0.4, 0.5) is 4.39 Å². The van der Waals surface area contributed by atoms with Crippen LogP contribution in [-0.4, -0.2) is 19.6 Å². The Morgan fingerprint density at radius 2 is 1.83 bits per heavy atom. The Hall–Kier alpha value is -3.21. The average Bonchev–Trinajstić information content (AvgIpc) is 2.93. The molecule has 0 aliphatic rings. The minimum Gasteiger partial charge on any atom is -0.508 e. The highest BCUT2D eigenvalue weighted by Crippen LogP contribution is 2.23. The number of hydrogen-bond donors (Lipinski definition) is 1. The van der Waals surface area contributed by atoms with Gasteiger partial charge in [0.05, 0.1) is 0 Å². The van der Waals surface area contributed by atoms with Crippen molar-refractivity contribution < 1.29 is 9.50 Å². The molecule has 0 saturated carbocycles. The van der Waals surface area contributed by atoms with Crippen LogP contribution in [0.5, 0.6) is 5.75 Å². The summed E-state index contributed by atoms with van der Waals surface area (Å²) in [4.78, 5) is 9.08. The summed E-state index contributed by atoms with van der Waals surface area (Å²) in [5.74, 6) is 0.710. The number of benzene rings is 2. The van der Waals surface area contributed by atoms with E-state index < -0.39 is 0 Å². The van der Waals surface area contributed by atoms with Crippen LogP contribution < -0.4 is 0 Å².